The van der Waals surface area contributed by atoms with Crippen molar-refractivity contribution in [1.82, 2.24) is 10.3 Å². The molecule has 1 aromatic heterocycles. The second kappa shape index (κ2) is 7.20. The highest BCUT2D eigenvalue weighted by Gasteiger charge is 2.18. The number of nitrogens with zero attached hydrogens (tertiary/aromatic N) is 1. The van der Waals surface area contributed by atoms with Crippen LogP contribution in [0.15, 0.2) is 11.8 Å². The van der Waals surface area contributed by atoms with E-state index in [4.69, 9.17) is 0 Å². The first kappa shape index (κ1) is 14.7. The molecule has 106 valence electrons. The molecule has 2 nitrogen and oxygen atoms in total. The first-order valence-corrected chi connectivity index (χ1v) is 8.33. The van der Waals surface area contributed by atoms with Gasteiger partial charge in [0.25, 0.3) is 0 Å². The van der Waals surface area contributed by atoms with Gasteiger partial charge in [0.05, 0.1) is 5.01 Å². The minimum Gasteiger partial charge on any atom is -0.311 e. The van der Waals surface area contributed by atoms with Crippen LogP contribution in [0, 0.1) is 12.8 Å². The van der Waals surface area contributed by atoms with Crippen molar-refractivity contribution in [1.29, 1.82) is 0 Å². The lowest BCUT2D eigenvalue weighted by atomic mass is 9.83. The zero-order valence-corrected chi connectivity index (χ0v) is 13.2. The molecule has 0 aliphatic heterocycles. The summed E-state index contributed by atoms with van der Waals surface area (Å²) in [7, 11) is 0. The van der Waals surface area contributed by atoms with Gasteiger partial charge in [0.15, 0.2) is 0 Å². The Morgan fingerprint density at radius 3 is 2.74 bits per heavy atom. The van der Waals surface area contributed by atoms with Gasteiger partial charge in [0, 0.05) is 23.7 Å². The number of hydrogen-bond acceptors (Lipinski definition) is 3. The predicted molar refractivity (Wildman–Crippen MR) is 84.5 cm³/mol. The highest BCUT2D eigenvalue weighted by molar-refractivity contribution is 7.12. The highest BCUT2D eigenvalue weighted by atomic mass is 32.1. The Bertz CT molecular complexity index is 414. The molecule has 0 saturated heterocycles. The van der Waals surface area contributed by atoms with Gasteiger partial charge >= 0.3 is 0 Å². The predicted octanol–water partition coefficient (Wildman–Crippen LogP) is 4.41. The number of rotatable bonds is 5. The summed E-state index contributed by atoms with van der Waals surface area (Å²) >= 11 is 1.80. The lowest BCUT2D eigenvalue weighted by Gasteiger charge is -2.25. The van der Waals surface area contributed by atoms with Crippen LogP contribution in [0.5, 0.6) is 0 Å². The fraction of sp³-hybridized carbons (Fsp3) is 0.688. The molecule has 0 spiro atoms. The Labute approximate surface area is 121 Å². The standard InChI is InChI=1S/C16H26N2S/c1-12(2)17-10-15(14-7-5-4-6-8-14)9-16-11-18-13(3)19-16/h9,11-12,14,17H,4-8,10H2,1-3H3. The quantitative estimate of drug-likeness (QED) is 0.862. The van der Waals surface area contributed by atoms with Crippen LogP contribution in [0.1, 0.15) is 55.8 Å². The first-order valence-electron chi connectivity index (χ1n) is 7.51. The van der Waals surface area contributed by atoms with Crippen molar-refractivity contribution in [3.05, 3.63) is 21.7 Å². The molecule has 2 rings (SSSR count). The van der Waals surface area contributed by atoms with Crippen molar-refractivity contribution in [2.24, 2.45) is 5.92 Å². The molecule has 19 heavy (non-hydrogen) atoms. The summed E-state index contributed by atoms with van der Waals surface area (Å²) in [5.74, 6) is 0.780. The molecule has 3 heteroatoms. The number of nitrogens with one attached hydrogen (secondary N) is 1. The van der Waals surface area contributed by atoms with Crippen LogP contribution in [0.4, 0.5) is 0 Å². The van der Waals surface area contributed by atoms with Gasteiger partial charge in [-0.2, -0.15) is 0 Å². The van der Waals surface area contributed by atoms with E-state index in [1.807, 2.05) is 6.20 Å². The molecule has 0 atom stereocenters. The van der Waals surface area contributed by atoms with E-state index in [-0.39, 0.29) is 0 Å². The van der Waals surface area contributed by atoms with E-state index >= 15 is 0 Å². The van der Waals surface area contributed by atoms with E-state index in [1.165, 1.54) is 37.0 Å². The molecule has 1 aliphatic rings. The maximum Gasteiger partial charge on any atom is 0.0900 e. The lowest BCUT2D eigenvalue weighted by Crippen LogP contribution is -2.27. The Balaban J connectivity index is 2.10. The summed E-state index contributed by atoms with van der Waals surface area (Å²) in [5.41, 5.74) is 1.58. The van der Waals surface area contributed by atoms with E-state index in [0.717, 1.165) is 17.5 Å². The fourth-order valence-electron chi connectivity index (χ4n) is 2.74. The van der Waals surface area contributed by atoms with Crippen molar-refractivity contribution < 1.29 is 0 Å². The molecule has 1 aliphatic carbocycles. The molecular weight excluding hydrogens is 252 g/mol. The van der Waals surface area contributed by atoms with E-state index in [0.29, 0.717) is 6.04 Å². The molecule has 1 heterocycles. The van der Waals surface area contributed by atoms with E-state index in [1.54, 1.807) is 16.9 Å². The van der Waals surface area contributed by atoms with Gasteiger partial charge in [-0.05, 0) is 31.8 Å². The first-order chi connectivity index (χ1) is 9.15. The van der Waals surface area contributed by atoms with Crippen molar-refractivity contribution in [2.75, 3.05) is 6.54 Å². The van der Waals surface area contributed by atoms with Crippen LogP contribution in [-0.4, -0.2) is 17.6 Å². The average Bonchev–Trinajstić information content (AvgIpc) is 2.81. The third kappa shape index (κ3) is 4.73. The number of hydrogen-bond donors (Lipinski definition) is 1. The van der Waals surface area contributed by atoms with Crippen LogP contribution < -0.4 is 5.32 Å². The highest BCUT2D eigenvalue weighted by Crippen LogP contribution is 2.31. The third-order valence-electron chi connectivity index (χ3n) is 3.81. The summed E-state index contributed by atoms with van der Waals surface area (Å²) in [6, 6.07) is 0.551. The van der Waals surface area contributed by atoms with Crippen LogP contribution in [0.2, 0.25) is 0 Å². The van der Waals surface area contributed by atoms with Crippen LogP contribution in [0.25, 0.3) is 6.08 Å². The number of aromatic nitrogens is 1. The molecule has 0 amide bonds. The molecular formula is C16H26N2S. The second-order valence-electron chi connectivity index (χ2n) is 5.87. The normalized spacial score (nSPS) is 18.2. The number of aryl methyl sites for hydroxylation is 1. The smallest absolute Gasteiger partial charge is 0.0900 e. The summed E-state index contributed by atoms with van der Waals surface area (Å²) in [6.45, 7) is 7.54. The molecule has 1 saturated carbocycles. The summed E-state index contributed by atoms with van der Waals surface area (Å²) < 4.78 is 0. The minimum atomic E-state index is 0.551. The van der Waals surface area contributed by atoms with Gasteiger partial charge in [-0.3, -0.25) is 0 Å². The van der Waals surface area contributed by atoms with Crippen LogP contribution in [-0.2, 0) is 0 Å². The van der Waals surface area contributed by atoms with Gasteiger partial charge in [0.2, 0.25) is 0 Å². The maximum absolute atomic E-state index is 4.36. The summed E-state index contributed by atoms with van der Waals surface area (Å²) in [6.07, 6.45) is 11.3. The van der Waals surface area contributed by atoms with Gasteiger partial charge in [-0.1, -0.05) is 38.7 Å². The van der Waals surface area contributed by atoms with E-state index in [2.05, 4.69) is 37.1 Å². The van der Waals surface area contributed by atoms with Crippen molar-refractivity contribution >= 4 is 17.4 Å². The van der Waals surface area contributed by atoms with E-state index < -0.39 is 0 Å². The van der Waals surface area contributed by atoms with E-state index in [9.17, 15) is 0 Å². The zero-order chi connectivity index (χ0) is 13.7. The topological polar surface area (TPSA) is 24.9 Å². The summed E-state index contributed by atoms with van der Waals surface area (Å²) in [4.78, 5) is 5.67. The Morgan fingerprint density at radius 1 is 1.42 bits per heavy atom. The monoisotopic (exact) mass is 278 g/mol. The molecule has 1 aromatic rings. The van der Waals surface area contributed by atoms with Crippen LogP contribution in [0.3, 0.4) is 0 Å². The molecule has 0 unspecified atom stereocenters. The SMILES string of the molecule is Cc1ncc(C=C(CNC(C)C)C2CCCCC2)s1. The largest absolute Gasteiger partial charge is 0.311 e. The molecule has 0 aromatic carbocycles. The third-order valence-corrected chi connectivity index (χ3v) is 4.67. The van der Waals surface area contributed by atoms with Gasteiger partial charge in [0.1, 0.15) is 0 Å². The lowest BCUT2D eigenvalue weighted by molar-refractivity contribution is 0.394. The number of thiazole rings is 1. The van der Waals surface area contributed by atoms with Crippen molar-refractivity contribution in [3.8, 4) is 0 Å². The van der Waals surface area contributed by atoms with Gasteiger partial charge < -0.3 is 5.32 Å². The average molecular weight is 278 g/mol. The molecule has 1 N–H and O–H groups in total. The summed E-state index contributed by atoms with van der Waals surface area (Å²) in [5, 5.41) is 4.74. The molecule has 0 radical (unpaired) electrons. The van der Waals surface area contributed by atoms with Crippen molar-refractivity contribution in [2.45, 2.75) is 58.9 Å². The molecule has 1 fully saturated rings. The molecule has 0 bridgehead atoms. The maximum atomic E-state index is 4.36. The minimum absolute atomic E-state index is 0.551. The zero-order valence-electron chi connectivity index (χ0n) is 12.4. The van der Waals surface area contributed by atoms with Gasteiger partial charge in [-0.15, -0.1) is 11.3 Å². The Morgan fingerprint density at radius 2 is 2.16 bits per heavy atom. The van der Waals surface area contributed by atoms with Crippen molar-refractivity contribution in [3.63, 3.8) is 0 Å². The van der Waals surface area contributed by atoms with Crippen LogP contribution >= 0.6 is 11.3 Å². The Hall–Kier alpha value is -0.670. The van der Waals surface area contributed by atoms with Gasteiger partial charge in [-0.25, -0.2) is 4.98 Å². The Kier molecular flexibility index (Phi) is 5.59. The fourth-order valence-corrected chi connectivity index (χ4v) is 3.50. The second-order valence-corrected chi connectivity index (χ2v) is 7.14.